The first-order valence-corrected chi connectivity index (χ1v) is 6.47. The van der Waals surface area contributed by atoms with Crippen molar-refractivity contribution >= 4 is 33.2 Å². The maximum atomic E-state index is 5.89. The average molecular weight is 324 g/mol. The zero-order valence-corrected chi connectivity index (χ0v) is 11.8. The molecule has 1 aromatic carbocycles. The Kier molecular flexibility index (Phi) is 2.80. The fraction of sp³-hybridized carbons (Fsp3) is 0.0833. The molecule has 0 bridgehead atoms. The number of halogens is 2. The maximum Gasteiger partial charge on any atom is 0.185 e. The van der Waals surface area contributed by atoms with Gasteiger partial charge < -0.3 is 0 Å². The SMILES string of the molecule is Cc1ccc(-c2nnc3ccc(Cl)nn23)cc1Br. The van der Waals surface area contributed by atoms with Gasteiger partial charge in [0.2, 0.25) is 0 Å². The largest absolute Gasteiger partial charge is 0.191 e. The summed E-state index contributed by atoms with van der Waals surface area (Å²) >= 11 is 9.40. The average Bonchev–Trinajstić information content (AvgIpc) is 2.75. The molecule has 0 saturated carbocycles. The topological polar surface area (TPSA) is 43.1 Å². The fourth-order valence-corrected chi connectivity index (χ4v) is 2.20. The van der Waals surface area contributed by atoms with Crippen molar-refractivity contribution in [2.45, 2.75) is 6.92 Å². The Morgan fingerprint density at radius 1 is 1.17 bits per heavy atom. The Hall–Kier alpha value is -1.46. The van der Waals surface area contributed by atoms with Crippen LogP contribution < -0.4 is 0 Å². The molecule has 90 valence electrons. The highest BCUT2D eigenvalue weighted by molar-refractivity contribution is 9.10. The minimum absolute atomic E-state index is 0.412. The standard InChI is InChI=1S/C12H8BrClN4/c1-7-2-3-8(6-9(7)13)12-16-15-11-5-4-10(14)17-18(11)12/h2-6H,1H3. The van der Waals surface area contributed by atoms with Crippen LogP contribution in [0.5, 0.6) is 0 Å². The lowest BCUT2D eigenvalue weighted by Gasteiger charge is -2.02. The van der Waals surface area contributed by atoms with Gasteiger partial charge in [0.25, 0.3) is 0 Å². The third-order valence-corrected chi connectivity index (χ3v) is 3.72. The number of hydrogen-bond donors (Lipinski definition) is 0. The number of nitrogens with zero attached hydrogens (tertiary/aromatic N) is 4. The Bertz CT molecular complexity index is 738. The van der Waals surface area contributed by atoms with Crippen LogP contribution in [0, 0.1) is 6.92 Å². The molecule has 0 aliphatic carbocycles. The molecule has 0 aliphatic rings. The minimum atomic E-state index is 0.412. The Balaban J connectivity index is 2.24. The smallest absolute Gasteiger partial charge is 0.185 e. The molecule has 4 nitrogen and oxygen atoms in total. The summed E-state index contributed by atoms with van der Waals surface area (Å²) in [4.78, 5) is 0. The molecule has 18 heavy (non-hydrogen) atoms. The number of rotatable bonds is 1. The van der Waals surface area contributed by atoms with Crippen molar-refractivity contribution in [3.63, 3.8) is 0 Å². The van der Waals surface area contributed by atoms with Crippen molar-refractivity contribution in [2.24, 2.45) is 0 Å². The van der Waals surface area contributed by atoms with Crippen LogP contribution in [0.4, 0.5) is 0 Å². The van der Waals surface area contributed by atoms with Crippen LogP contribution in [0.3, 0.4) is 0 Å². The van der Waals surface area contributed by atoms with Crippen molar-refractivity contribution in [2.75, 3.05) is 0 Å². The van der Waals surface area contributed by atoms with E-state index in [4.69, 9.17) is 11.6 Å². The summed E-state index contributed by atoms with van der Waals surface area (Å²) in [6.45, 7) is 2.03. The van der Waals surface area contributed by atoms with Gasteiger partial charge >= 0.3 is 0 Å². The number of aromatic nitrogens is 4. The first kappa shape index (κ1) is 11.6. The number of aryl methyl sites for hydroxylation is 1. The van der Waals surface area contributed by atoms with Gasteiger partial charge in [0.05, 0.1) is 0 Å². The lowest BCUT2D eigenvalue weighted by atomic mass is 10.1. The molecule has 0 radical (unpaired) electrons. The first-order valence-electron chi connectivity index (χ1n) is 5.29. The highest BCUT2D eigenvalue weighted by Gasteiger charge is 2.10. The van der Waals surface area contributed by atoms with Gasteiger partial charge in [-0.05, 0) is 30.7 Å². The molecular formula is C12H8BrClN4. The summed E-state index contributed by atoms with van der Waals surface area (Å²) in [5, 5.41) is 12.8. The van der Waals surface area contributed by atoms with Crippen LogP contribution in [0.2, 0.25) is 5.15 Å². The van der Waals surface area contributed by atoms with E-state index in [2.05, 4.69) is 31.2 Å². The predicted molar refractivity (Wildman–Crippen MR) is 73.7 cm³/mol. The molecule has 0 fully saturated rings. The number of fused-ring (bicyclic) bond motifs is 1. The van der Waals surface area contributed by atoms with Gasteiger partial charge in [-0.15, -0.1) is 10.2 Å². The zero-order valence-electron chi connectivity index (χ0n) is 9.43. The molecule has 3 rings (SSSR count). The van der Waals surface area contributed by atoms with Crippen molar-refractivity contribution in [3.05, 3.63) is 45.5 Å². The summed E-state index contributed by atoms with van der Waals surface area (Å²) in [5.74, 6) is 0.674. The van der Waals surface area contributed by atoms with E-state index in [9.17, 15) is 0 Å². The lowest BCUT2D eigenvalue weighted by molar-refractivity contribution is 0.936. The highest BCUT2D eigenvalue weighted by atomic mass is 79.9. The van der Waals surface area contributed by atoms with Crippen molar-refractivity contribution in [1.29, 1.82) is 0 Å². The van der Waals surface area contributed by atoms with E-state index < -0.39 is 0 Å². The van der Waals surface area contributed by atoms with Crippen molar-refractivity contribution in [1.82, 2.24) is 19.8 Å². The van der Waals surface area contributed by atoms with Crippen LogP contribution in [0.15, 0.2) is 34.8 Å². The van der Waals surface area contributed by atoms with E-state index in [1.807, 2.05) is 25.1 Å². The van der Waals surface area contributed by atoms with E-state index in [-0.39, 0.29) is 0 Å². The van der Waals surface area contributed by atoms with Crippen LogP contribution in [0.25, 0.3) is 17.0 Å². The summed E-state index contributed by atoms with van der Waals surface area (Å²) in [6.07, 6.45) is 0. The quantitative estimate of drug-likeness (QED) is 0.688. The molecule has 0 amide bonds. The molecule has 0 N–H and O–H groups in total. The Morgan fingerprint density at radius 2 is 2.00 bits per heavy atom. The maximum absolute atomic E-state index is 5.89. The summed E-state index contributed by atoms with van der Waals surface area (Å²) in [6, 6.07) is 9.48. The Labute approximate surface area is 117 Å². The van der Waals surface area contributed by atoms with Gasteiger partial charge in [-0.25, -0.2) is 0 Å². The highest BCUT2D eigenvalue weighted by Crippen LogP contribution is 2.24. The summed E-state index contributed by atoms with van der Waals surface area (Å²) < 4.78 is 2.66. The lowest BCUT2D eigenvalue weighted by Crippen LogP contribution is -1.95. The van der Waals surface area contributed by atoms with Crippen molar-refractivity contribution < 1.29 is 0 Å². The second-order valence-electron chi connectivity index (χ2n) is 3.91. The van der Waals surface area contributed by atoms with Gasteiger partial charge in [-0.3, -0.25) is 0 Å². The first-order chi connectivity index (χ1) is 8.65. The normalized spacial score (nSPS) is 11.1. The van der Waals surface area contributed by atoms with E-state index in [0.717, 1.165) is 10.0 Å². The van der Waals surface area contributed by atoms with Crippen molar-refractivity contribution in [3.8, 4) is 11.4 Å². The molecule has 0 unspecified atom stereocenters. The molecule has 2 aromatic heterocycles. The fourth-order valence-electron chi connectivity index (χ4n) is 1.68. The molecule has 0 saturated heterocycles. The van der Waals surface area contributed by atoms with Crippen LogP contribution in [-0.4, -0.2) is 19.8 Å². The third-order valence-electron chi connectivity index (χ3n) is 2.66. The molecule has 0 aliphatic heterocycles. The molecule has 6 heteroatoms. The summed E-state index contributed by atoms with van der Waals surface area (Å²) in [5.41, 5.74) is 2.78. The van der Waals surface area contributed by atoms with Gasteiger partial charge in [0.15, 0.2) is 11.5 Å². The van der Waals surface area contributed by atoms with Gasteiger partial charge in [0.1, 0.15) is 5.15 Å². The zero-order chi connectivity index (χ0) is 12.7. The predicted octanol–water partition coefficient (Wildman–Crippen LogP) is 3.52. The number of benzene rings is 1. The molecular weight excluding hydrogens is 316 g/mol. The van der Waals surface area contributed by atoms with Crippen LogP contribution in [-0.2, 0) is 0 Å². The van der Waals surface area contributed by atoms with Gasteiger partial charge in [-0.2, -0.15) is 9.61 Å². The van der Waals surface area contributed by atoms with Gasteiger partial charge in [-0.1, -0.05) is 39.7 Å². The molecule has 2 heterocycles. The van der Waals surface area contributed by atoms with E-state index in [1.165, 1.54) is 5.56 Å². The summed E-state index contributed by atoms with van der Waals surface area (Å²) in [7, 11) is 0. The van der Waals surface area contributed by atoms with Gasteiger partial charge in [0, 0.05) is 10.0 Å². The second-order valence-corrected chi connectivity index (χ2v) is 5.16. The number of hydrogen-bond acceptors (Lipinski definition) is 3. The van der Waals surface area contributed by atoms with E-state index in [0.29, 0.717) is 16.6 Å². The molecule has 3 aromatic rings. The van der Waals surface area contributed by atoms with E-state index >= 15 is 0 Å². The second kappa shape index (κ2) is 4.33. The third kappa shape index (κ3) is 1.89. The molecule has 0 spiro atoms. The Morgan fingerprint density at radius 3 is 2.78 bits per heavy atom. The van der Waals surface area contributed by atoms with E-state index in [1.54, 1.807) is 16.6 Å². The molecule has 0 atom stereocenters. The van der Waals surface area contributed by atoms with Crippen LogP contribution in [0.1, 0.15) is 5.56 Å². The minimum Gasteiger partial charge on any atom is -0.191 e. The monoisotopic (exact) mass is 322 g/mol. The van der Waals surface area contributed by atoms with Crippen LogP contribution >= 0.6 is 27.5 Å².